The van der Waals surface area contributed by atoms with Gasteiger partial charge in [-0.25, -0.2) is 0 Å². The maximum absolute atomic E-state index is 13.7. The number of nitrogens with zero attached hydrogens (tertiary/aromatic N) is 4. The number of aromatic nitrogens is 1. The second-order valence-corrected chi connectivity index (χ2v) is 11.3. The summed E-state index contributed by atoms with van der Waals surface area (Å²) in [5.74, 6) is -0.702. The highest BCUT2D eigenvalue weighted by molar-refractivity contribution is 5.79. The minimum Gasteiger partial charge on any atom is -0.481 e. The number of likely N-dealkylation sites (tertiary alicyclic amines) is 1. The van der Waals surface area contributed by atoms with E-state index in [1.165, 1.54) is 6.07 Å². The molecule has 1 amide bonds. The third-order valence-electron chi connectivity index (χ3n) is 8.18. The van der Waals surface area contributed by atoms with Crippen LogP contribution in [0, 0.1) is 5.92 Å². The van der Waals surface area contributed by atoms with Crippen LogP contribution in [0.25, 0.3) is 0 Å². The van der Waals surface area contributed by atoms with E-state index in [2.05, 4.69) is 11.8 Å². The van der Waals surface area contributed by atoms with Crippen molar-refractivity contribution in [2.24, 2.45) is 5.92 Å². The van der Waals surface area contributed by atoms with Crippen LogP contribution in [0.2, 0.25) is 0 Å². The number of benzene rings is 1. The molecule has 10 nitrogen and oxygen atoms in total. The second kappa shape index (κ2) is 14.5. The van der Waals surface area contributed by atoms with Crippen molar-refractivity contribution in [3.63, 3.8) is 0 Å². The average Bonchev–Trinajstić information content (AvgIpc) is 3.56. The van der Waals surface area contributed by atoms with Gasteiger partial charge in [-0.1, -0.05) is 25.5 Å². The first-order valence-corrected chi connectivity index (χ1v) is 14.7. The fourth-order valence-electron chi connectivity index (χ4n) is 5.97. The molecule has 4 rings (SSSR count). The molecule has 224 valence electrons. The highest BCUT2D eigenvalue weighted by Gasteiger charge is 2.47. The van der Waals surface area contributed by atoms with Gasteiger partial charge in [0.2, 0.25) is 18.3 Å². The molecule has 41 heavy (non-hydrogen) atoms. The zero-order chi connectivity index (χ0) is 29.4. The number of hydrogen-bond acceptors (Lipinski definition) is 7. The number of ether oxygens (including phenoxy) is 2. The number of fused-ring (bicyclic) bond motifs is 1. The normalized spacial score (nSPS) is 20.0. The molecule has 2 aliphatic rings. The van der Waals surface area contributed by atoms with Gasteiger partial charge in [0, 0.05) is 50.4 Å². The molecule has 3 heterocycles. The zero-order valence-electron chi connectivity index (χ0n) is 24.5. The van der Waals surface area contributed by atoms with Gasteiger partial charge < -0.3 is 28.9 Å². The van der Waals surface area contributed by atoms with Crippen LogP contribution in [-0.4, -0.2) is 95.9 Å². The predicted octanol–water partition coefficient (Wildman–Crippen LogP) is 3.11. The van der Waals surface area contributed by atoms with Gasteiger partial charge in [-0.05, 0) is 70.1 Å². The van der Waals surface area contributed by atoms with Crippen molar-refractivity contribution in [3.8, 4) is 11.5 Å². The molecule has 10 heteroatoms. The summed E-state index contributed by atoms with van der Waals surface area (Å²) >= 11 is 0. The van der Waals surface area contributed by atoms with Crippen molar-refractivity contribution < 1.29 is 24.2 Å². The minimum absolute atomic E-state index is 0.0284. The summed E-state index contributed by atoms with van der Waals surface area (Å²) in [4.78, 5) is 45.0. The van der Waals surface area contributed by atoms with Crippen LogP contribution in [0.5, 0.6) is 11.5 Å². The first kappa shape index (κ1) is 30.6. The van der Waals surface area contributed by atoms with Crippen LogP contribution in [-0.2, 0) is 16.1 Å². The van der Waals surface area contributed by atoms with E-state index < -0.39 is 17.9 Å². The maximum Gasteiger partial charge on any atom is 0.308 e. The topological polar surface area (TPSA) is 105 Å². The molecule has 1 saturated heterocycles. The standard InChI is InChI=1S/C31H44N4O6/c1-4-5-15-33(17-9-8-14-32(2)3)29(37)21-35-20-24(23-11-12-26-27(19-23)41-22-40-26)30(31(38)39)25(35)13-18-34-16-7-6-10-28(34)36/h6-7,10-12,16,19,24-25,30H,4-5,8-9,13-15,17-18,20-22H2,1-3H3,(H,38,39)/t24-,25+,30?/m1/s1. The molecule has 2 aromatic rings. The molecule has 1 fully saturated rings. The van der Waals surface area contributed by atoms with Gasteiger partial charge in [0.05, 0.1) is 12.5 Å². The van der Waals surface area contributed by atoms with Crippen molar-refractivity contribution in [3.05, 3.63) is 58.5 Å². The molecular formula is C31H44N4O6. The Labute approximate surface area is 242 Å². The molecule has 1 aromatic heterocycles. The van der Waals surface area contributed by atoms with E-state index in [-0.39, 0.29) is 30.7 Å². The van der Waals surface area contributed by atoms with Gasteiger partial charge >= 0.3 is 5.97 Å². The number of carbonyl (C=O) groups is 2. The van der Waals surface area contributed by atoms with Crippen LogP contribution in [0.1, 0.15) is 50.5 Å². The SMILES string of the molecule is CCCCN(CCCCN(C)C)C(=O)CN1C[C@H](c2ccc3c(c2)OCO3)C(C(=O)O)[C@@H]1CCn1ccccc1=O. The van der Waals surface area contributed by atoms with Gasteiger partial charge in [0.1, 0.15) is 0 Å². The first-order valence-electron chi connectivity index (χ1n) is 14.7. The third kappa shape index (κ3) is 7.89. The average molecular weight is 569 g/mol. The fourth-order valence-corrected chi connectivity index (χ4v) is 5.97. The van der Waals surface area contributed by atoms with Gasteiger partial charge in [0.15, 0.2) is 11.5 Å². The van der Waals surface area contributed by atoms with E-state index >= 15 is 0 Å². The number of aliphatic carboxylic acids is 1. The van der Waals surface area contributed by atoms with E-state index in [1.807, 2.05) is 42.1 Å². The Kier molecular flexibility index (Phi) is 10.8. The number of unbranched alkanes of at least 4 members (excludes halogenated alkanes) is 2. The van der Waals surface area contributed by atoms with Gasteiger partial charge in [-0.2, -0.15) is 0 Å². The predicted molar refractivity (Wildman–Crippen MR) is 156 cm³/mol. The molecule has 0 aliphatic carbocycles. The van der Waals surface area contributed by atoms with Crippen molar-refractivity contribution >= 4 is 11.9 Å². The summed E-state index contributed by atoms with van der Waals surface area (Å²) in [5.41, 5.74) is 0.723. The number of aryl methyl sites for hydroxylation is 1. The first-order chi connectivity index (χ1) is 19.8. The Bertz CT molecular complexity index is 1230. The molecule has 0 spiro atoms. The number of hydrogen-bond donors (Lipinski definition) is 1. The second-order valence-electron chi connectivity index (χ2n) is 11.3. The van der Waals surface area contributed by atoms with E-state index in [0.717, 1.165) is 37.8 Å². The number of rotatable bonds is 15. The molecule has 3 atom stereocenters. The highest BCUT2D eigenvalue weighted by Crippen LogP contribution is 2.42. The van der Waals surface area contributed by atoms with Crippen LogP contribution < -0.4 is 15.0 Å². The lowest BCUT2D eigenvalue weighted by molar-refractivity contribution is -0.144. The van der Waals surface area contributed by atoms with Crippen LogP contribution in [0.15, 0.2) is 47.4 Å². The smallest absolute Gasteiger partial charge is 0.308 e. The molecule has 1 N–H and O–H groups in total. The monoisotopic (exact) mass is 568 g/mol. The van der Waals surface area contributed by atoms with E-state index in [0.29, 0.717) is 44.1 Å². The molecular weight excluding hydrogens is 524 g/mol. The lowest BCUT2D eigenvalue weighted by Crippen LogP contribution is -2.45. The Morgan fingerprint density at radius 3 is 2.51 bits per heavy atom. The molecule has 1 unspecified atom stereocenters. The number of amides is 1. The van der Waals surface area contributed by atoms with E-state index in [4.69, 9.17) is 9.47 Å². The highest BCUT2D eigenvalue weighted by atomic mass is 16.7. The zero-order valence-corrected chi connectivity index (χ0v) is 24.5. The Morgan fingerprint density at radius 1 is 1.02 bits per heavy atom. The van der Waals surface area contributed by atoms with Crippen molar-refractivity contribution in [2.45, 2.75) is 57.5 Å². The molecule has 0 saturated carbocycles. The van der Waals surface area contributed by atoms with Gasteiger partial charge in [-0.15, -0.1) is 0 Å². The van der Waals surface area contributed by atoms with Crippen LogP contribution in [0.4, 0.5) is 0 Å². The summed E-state index contributed by atoms with van der Waals surface area (Å²) in [6, 6.07) is 10.2. The molecule has 1 aromatic carbocycles. The summed E-state index contributed by atoms with van der Waals surface area (Å²) in [5, 5.41) is 10.5. The molecule has 2 aliphatic heterocycles. The summed E-state index contributed by atoms with van der Waals surface area (Å²) in [6.07, 6.45) is 6.01. The largest absolute Gasteiger partial charge is 0.481 e. The van der Waals surface area contributed by atoms with Crippen LogP contribution >= 0.6 is 0 Å². The summed E-state index contributed by atoms with van der Waals surface area (Å²) in [7, 11) is 4.10. The van der Waals surface area contributed by atoms with E-state index in [1.54, 1.807) is 22.9 Å². The summed E-state index contributed by atoms with van der Waals surface area (Å²) < 4.78 is 12.6. The minimum atomic E-state index is -0.903. The van der Waals surface area contributed by atoms with Crippen LogP contribution in [0.3, 0.4) is 0 Å². The Morgan fingerprint density at radius 2 is 1.78 bits per heavy atom. The Balaban J connectivity index is 1.57. The lowest BCUT2D eigenvalue weighted by Gasteiger charge is -2.30. The fraction of sp³-hybridized carbons (Fsp3) is 0.581. The summed E-state index contributed by atoms with van der Waals surface area (Å²) in [6.45, 7) is 5.57. The number of carbonyl (C=O) groups excluding carboxylic acids is 1. The Hall–Kier alpha value is -3.37. The third-order valence-corrected chi connectivity index (χ3v) is 8.18. The van der Waals surface area contributed by atoms with Crippen molar-refractivity contribution in [1.82, 2.24) is 19.3 Å². The number of pyridine rings is 1. The molecule has 0 bridgehead atoms. The van der Waals surface area contributed by atoms with Gasteiger partial charge in [0.25, 0.3) is 0 Å². The number of carboxylic acids is 1. The lowest BCUT2D eigenvalue weighted by atomic mass is 9.84. The van der Waals surface area contributed by atoms with Gasteiger partial charge in [-0.3, -0.25) is 19.3 Å². The maximum atomic E-state index is 13.7. The number of carboxylic acid groups (broad SMARTS) is 1. The van der Waals surface area contributed by atoms with Crippen molar-refractivity contribution in [1.29, 1.82) is 0 Å². The van der Waals surface area contributed by atoms with E-state index in [9.17, 15) is 19.5 Å². The quantitative estimate of drug-likeness (QED) is 0.327. The molecule has 0 radical (unpaired) electrons. The van der Waals surface area contributed by atoms with Crippen molar-refractivity contribution in [2.75, 3.05) is 53.6 Å².